The molecule has 5 heteroatoms. The quantitative estimate of drug-likeness (QED) is 0.714. The summed E-state index contributed by atoms with van der Waals surface area (Å²) in [6.45, 7) is 4.18. The van der Waals surface area contributed by atoms with Gasteiger partial charge in [-0.15, -0.1) is 0 Å². The Hall–Kier alpha value is -1.78. The highest BCUT2D eigenvalue weighted by atomic mass is 16.2. The van der Waals surface area contributed by atoms with Crippen molar-refractivity contribution >= 4 is 11.6 Å². The van der Waals surface area contributed by atoms with Gasteiger partial charge in [0.15, 0.2) is 0 Å². The lowest BCUT2D eigenvalue weighted by molar-refractivity contribution is -0.122. The van der Waals surface area contributed by atoms with Crippen molar-refractivity contribution in [2.75, 3.05) is 5.73 Å². The number of amides is 1. The second kappa shape index (κ2) is 8.40. The lowest BCUT2D eigenvalue weighted by Crippen LogP contribution is -2.37. The first-order valence-electron chi connectivity index (χ1n) is 7.28. The smallest absolute Gasteiger partial charge is 0.251 e. The van der Waals surface area contributed by atoms with Gasteiger partial charge in [-0.05, 0) is 19.4 Å². The van der Waals surface area contributed by atoms with E-state index in [0.717, 1.165) is 12.8 Å². The van der Waals surface area contributed by atoms with Crippen LogP contribution in [0, 0.1) is 0 Å². The van der Waals surface area contributed by atoms with E-state index in [0.29, 0.717) is 5.69 Å². The number of nitrogens with zero attached hydrogens (tertiary/aromatic N) is 1. The predicted molar refractivity (Wildman–Crippen MR) is 81.5 cm³/mol. The second-order valence-corrected chi connectivity index (χ2v) is 5.25. The molecule has 1 aromatic heterocycles. The van der Waals surface area contributed by atoms with Gasteiger partial charge in [-0.2, -0.15) is 0 Å². The van der Waals surface area contributed by atoms with E-state index in [9.17, 15) is 9.59 Å². The Balaban J connectivity index is 2.39. The molecule has 20 heavy (non-hydrogen) atoms. The van der Waals surface area contributed by atoms with Crippen molar-refractivity contribution in [1.29, 1.82) is 0 Å². The number of carbonyl (C=O) groups excluding carboxylic acids is 1. The minimum atomic E-state index is -0.218. The molecule has 0 aromatic carbocycles. The van der Waals surface area contributed by atoms with Gasteiger partial charge in [-0.1, -0.05) is 32.6 Å². The van der Waals surface area contributed by atoms with Crippen LogP contribution in [0.5, 0.6) is 0 Å². The van der Waals surface area contributed by atoms with Crippen LogP contribution in [0.25, 0.3) is 0 Å². The van der Waals surface area contributed by atoms with Crippen LogP contribution in [0.4, 0.5) is 5.69 Å². The lowest BCUT2D eigenvalue weighted by Gasteiger charge is -2.14. The van der Waals surface area contributed by atoms with Crippen LogP contribution in [0.15, 0.2) is 23.1 Å². The summed E-state index contributed by atoms with van der Waals surface area (Å²) in [7, 11) is 0. The second-order valence-electron chi connectivity index (χ2n) is 5.25. The topological polar surface area (TPSA) is 77.1 Å². The third-order valence-electron chi connectivity index (χ3n) is 3.22. The summed E-state index contributed by atoms with van der Waals surface area (Å²) >= 11 is 0. The van der Waals surface area contributed by atoms with E-state index in [-0.39, 0.29) is 24.1 Å². The van der Waals surface area contributed by atoms with Crippen LogP contribution >= 0.6 is 0 Å². The third-order valence-corrected chi connectivity index (χ3v) is 3.22. The Kier molecular flexibility index (Phi) is 6.84. The number of hydrogen-bond donors (Lipinski definition) is 2. The van der Waals surface area contributed by atoms with Gasteiger partial charge in [0.2, 0.25) is 5.91 Å². The van der Waals surface area contributed by atoms with Gasteiger partial charge in [0.25, 0.3) is 5.56 Å². The van der Waals surface area contributed by atoms with E-state index in [4.69, 9.17) is 5.73 Å². The summed E-state index contributed by atoms with van der Waals surface area (Å²) in [6.07, 6.45) is 7.22. The van der Waals surface area contributed by atoms with Crippen molar-refractivity contribution in [2.45, 2.75) is 58.5 Å². The summed E-state index contributed by atoms with van der Waals surface area (Å²) < 4.78 is 1.33. The van der Waals surface area contributed by atoms with E-state index in [1.807, 2.05) is 6.92 Å². The molecule has 5 nitrogen and oxygen atoms in total. The molecule has 1 unspecified atom stereocenters. The van der Waals surface area contributed by atoms with Gasteiger partial charge in [-0.3, -0.25) is 9.59 Å². The Morgan fingerprint density at radius 1 is 1.35 bits per heavy atom. The van der Waals surface area contributed by atoms with Crippen molar-refractivity contribution in [2.24, 2.45) is 0 Å². The zero-order chi connectivity index (χ0) is 15.0. The van der Waals surface area contributed by atoms with Crippen molar-refractivity contribution in [1.82, 2.24) is 9.88 Å². The molecule has 0 saturated heterocycles. The van der Waals surface area contributed by atoms with Crippen LogP contribution in [-0.4, -0.2) is 16.5 Å². The van der Waals surface area contributed by atoms with Crippen molar-refractivity contribution in [3.8, 4) is 0 Å². The number of hydrogen-bond acceptors (Lipinski definition) is 3. The van der Waals surface area contributed by atoms with Crippen LogP contribution in [0.2, 0.25) is 0 Å². The number of pyridine rings is 1. The van der Waals surface area contributed by atoms with Gasteiger partial charge in [0.1, 0.15) is 6.54 Å². The first-order valence-corrected chi connectivity index (χ1v) is 7.28. The number of nitrogens with two attached hydrogens (primary N) is 1. The zero-order valence-electron chi connectivity index (χ0n) is 12.4. The van der Waals surface area contributed by atoms with Crippen LogP contribution < -0.4 is 16.6 Å². The maximum Gasteiger partial charge on any atom is 0.251 e. The number of rotatable bonds is 8. The van der Waals surface area contributed by atoms with Gasteiger partial charge in [0.05, 0.1) is 0 Å². The molecule has 0 saturated carbocycles. The van der Waals surface area contributed by atoms with Crippen molar-refractivity contribution in [3.05, 3.63) is 28.7 Å². The molecule has 0 aliphatic carbocycles. The van der Waals surface area contributed by atoms with Crippen LogP contribution in [0.3, 0.4) is 0 Å². The Morgan fingerprint density at radius 3 is 2.80 bits per heavy atom. The number of nitrogen functional groups attached to an aromatic ring is 1. The number of carbonyl (C=O) groups is 1. The van der Waals surface area contributed by atoms with E-state index in [2.05, 4.69) is 12.2 Å². The number of anilines is 1. The SMILES string of the molecule is CCCCCCC(C)NC(=O)Cn1cc(N)ccc1=O. The highest BCUT2D eigenvalue weighted by Gasteiger charge is 2.08. The fourth-order valence-corrected chi connectivity index (χ4v) is 2.10. The number of nitrogens with one attached hydrogen (secondary N) is 1. The maximum atomic E-state index is 11.9. The Morgan fingerprint density at radius 2 is 2.10 bits per heavy atom. The van der Waals surface area contributed by atoms with Gasteiger partial charge in [0, 0.05) is 24.0 Å². The molecule has 0 bridgehead atoms. The molecule has 1 heterocycles. The molecule has 0 aliphatic rings. The van der Waals surface area contributed by atoms with E-state index >= 15 is 0 Å². The molecule has 0 fully saturated rings. The summed E-state index contributed by atoms with van der Waals surface area (Å²) in [5, 5.41) is 2.91. The van der Waals surface area contributed by atoms with E-state index in [1.54, 1.807) is 0 Å². The average Bonchev–Trinajstić information content (AvgIpc) is 2.39. The summed E-state index contributed by atoms with van der Waals surface area (Å²) in [4.78, 5) is 23.4. The fraction of sp³-hybridized carbons (Fsp3) is 0.600. The minimum Gasteiger partial charge on any atom is -0.398 e. The lowest BCUT2D eigenvalue weighted by atomic mass is 10.1. The molecule has 0 radical (unpaired) electrons. The normalized spacial score (nSPS) is 12.1. The largest absolute Gasteiger partial charge is 0.398 e. The minimum absolute atomic E-state index is 0.0170. The number of aromatic nitrogens is 1. The Bertz CT molecular complexity index is 482. The molecular weight excluding hydrogens is 254 g/mol. The monoisotopic (exact) mass is 279 g/mol. The van der Waals surface area contributed by atoms with E-state index < -0.39 is 0 Å². The highest BCUT2D eigenvalue weighted by Crippen LogP contribution is 2.05. The fourth-order valence-electron chi connectivity index (χ4n) is 2.10. The number of unbranched alkanes of at least 4 members (excludes halogenated alkanes) is 3. The third kappa shape index (κ3) is 5.91. The molecule has 1 aromatic rings. The Labute approximate surface area is 120 Å². The van der Waals surface area contributed by atoms with E-state index in [1.165, 1.54) is 42.2 Å². The summed E-state index contributed by atoms with van der Waals surface area (Å²) in [6, 6.07) is 3.04. The van der Waals surface area contributed by atoms with Gasteiger partial charge < -0.3 is 15.6 Å². The molecule has 112 valence electrons. The molecular formula is C15H25N3O2. The molecule has 3 N–H and O–H groups in total. The van der Waals surface area contributed by atoms with Crippen molar-refractivity contribution < 1.29 is 4.79 Å². The first kappa shape index (κ1) is 16.3. The first-order chi connectivity index (χ1) is 9.52. The van der Waals surface area contributed by atoms with Crippen LogP contribution in [-0.2, 0) is 11.3 Å². The molecule has 1 amide bonds. The van der Waals surface area contributed by atoms with Gasteiger partial charge >= 0.3 is 0 Å². The van der Waals surface area contributed by atoms with Crippen LogP contribution in [0.1, 0.15) is 46.0 Å². The summed E-state index contributed by atoms with van der Waals surface area (Å²) in [5.41, 5.74) is 5.87. The molecule has 0 spiro atoms. The molecule has 1 rings (SSSR count). The highest BCUT2D eigenvalue weighted by molar-refractivity contribution is 5.76. The van der Waals surface area contributed by atoms with Gasteiger partial charge in [-0.25, -0.2) is 0 Å². The average molecular weight is 279 g/mol. The maximum absolute atomic E-state index is 11.9. The zero-order valence-corrected chi connectivity index (χ0v) is 12.4. The van der Waals surface area contributed by atoms with Crippen molar-refractivity contribution in [3.63, 3.8) is 0 Å². The predicted octanol–water partition coefficient (Wildman–Crippen LogP) is 1.91. The molecule has 0 aliphatic heterocycles. The summed E-state index contributed by atoms with van der Waals surface area (Å²) in [5.74, 6) is -0.152. The standard InChI is InChI=1S/C15H25N3O2/c1-3-4-5-6-7-12(2)17-14(19)11-18-10-13(16)8-9-15(18)20/h8-10,12H,3-7,11,16H2,1-2H3,(H,17,19). The molecule has 1 atom stereocenters.